The van der Waals surface area contributed by atoms with Crippen LogP contribution in [0.4, 0.5) is 0 Å². The van der Waals surface area contributed by atoms with Crippen LogP contribution in [0.25, 0.3) is 10.8 Å². The normalized spacial score (nSPS) is 24.6. The summed E-state index contributed by atoms with van der Waals surface area (Å²) in [5, 5.41) is 2.23. The minimum atomic E-state index is -3.89. The first kappa shape index (κ1) is 24.8. The topological polar surface area (TPSA) is 70.2 Å². The summed E-state index contributed by atoms with van der Waals surface area (Å²) in [6.07, 6.45) is 1.61. The number of fused-ring (bicyclic) bond motifs is 2. The molecule has 0 aromatic heterocycles. The summed E-state index contributed by atoms with van der Waals surface area (Å²) in [4.78, 5) is 17.6. The van der Waals surface area contributed by atoms with Gasteiger partial charge >= 0.3 is 0 Å². The van der Waals surface area contributed by atoms with Gasteiger partial charge < -0.3 is 9.64 Å². The van der Waals surface area contributed by atoms with Crippen molar-refractivity contribution in [3.8, 4) is 0 Å². The fourth-order valence-electron chi connectivity index (χ4n) is 5.99. The largest absolute Gasteiger partial charge is 0.346 e. The number of halogens is 1. The van der Waals surface area contributed by atoms with Gasteiger partial charge in [0.15, 0.2) is 5.72 Å². The molecule has 1 spiro atoms. The van der Waals surface area contributed by atoms with E-state index in [1.54, 1.807) is 41.3 Å². The third-order valence-electron chi connectivity index (χ3n) is 7.96. The van der Waals surface area contributed by atoms with Crippen LogP contribution in [0.3, 0.4) is 0 Å². The molecular weight excluding hydrogens is 510 g/mol. The van der Waals surface area contributed by atoms with E-state index in [4.69, 9.17) is 16.3 Å². The van der Waals surface area contributed by atoms with Gasteiger partial charge in [0.2, 0.25) is 15.9 Å². The Morgan fingerprint density at radius 1 is 0.946 bits per heavy atom. The van der Waals surface area contributed by atoms with Crippen molar-refractivity contribution in [1.82, 2.24) is 14.1 Å². The van der Waals surface area contributed by atoms with Crippen molar-refractivity contribution in [2.45, 2.75) is 42.5 Å². The number of rotatable bonds is 4. The molecule has 37 heavy (non-hydrogen) atoms. The molecule has 7 nitrogen and oxygen atoms in total. The van der Waals surface area contributed by atoms with E-state index in [2.05, 4.69) is 29.2 Å². The molecule has 0 saturated carbocycles. The standard InChI is InChI=1S/C28H30ClN3O4S/c1-27-19-31(37(34,35)25-10-8-22-15-24(29)9-7-23(22)16-25)18-26(33)32(27)20-28(36-27)11-13-30(14-12-28)17-21-5-3-2-4-6-21/h2-10,15-16H,11-14,17-20H2,1H3. The van der Waals surface area contributed by atoms with Crippen molar-refractivity contribution >= 4 is 38.3 Å². The lowest BCUT2D eigenvalue weighted by Gasteiger charge is -2.43. The summed E-state index contributed by atoms with van der Waals surface area (Å²) in [5.74, 6) is -0.214. The number of piperazine rings is 1. The molecule has 1 amide bonds. The Morgan fingerprint density at radius 3 is 2.41 bits per heavy atom. The zero-order valence-electron chi connectivity index (χ0n) is 20.8. The second-order valence-electron chi connectivity index (χ2n) is 10.6. The third kappa shape index (κ3) is 4.55. The molecule has 3 aromatic carbocycles. The molecule has 3 heterocycles. The predicted molar refractivity (Wildman–Crippen MR) is 143 cm³/mol. The van der Waals surface area contributed by atoms with Crippen molar-refractivity contribution in [3.63, 3.8) is 0 Å². The lowest BCUT2D eigenvalue weighted by molar-refractivity contribution is -0.174. The van der Waals surface area contributed by atoms with Crippen molar-refractivity contribution < 1.29 is 17.9 Å². The number of carbonyl (C=O) groups is 1. The number of sulfonamides is 1. The number of likely N-dealkylation sites (tertiary alicyclic amines) is 1. The Morgan fingerprint density at radius 2 is 1.65 bits per heavy atom. The molecular formula is C28H30ClN3O4S. The van der Waals surface area contributed by atoms with Gasteiger partial charge in [0, 0.05) is 24.7 Å². The van der Waals surface area contributed by atoms with Crippen LogP contribution in [0.2, 0.25) is 5.02 Å². The second kappa shape index (κ2) is 9.06. The van der Waals surface area contributed by atoms with Gasteiger partial charge in [-0.1, -0.05) is 54.1 Å². The number of piperidine rings is 1. The average molecular weight is 540 g/mol. The summed E-state index contributed by atoms with van der Waals surface area (Å²) in [6, 6.07) is 20.7. The summed E-state index contributed by atoms with van der Waals surface area (Å²) in [6.45, 7) is 4.91. The molecule has 1 atom stereocenters. The minimum absolute atomic E-state index is 0.106. The SMILES string of the molecule is CC12CN(S(=O)(=O)c3ccc4cc(Cl)ccc4c3)CC(=O)N1CC1(CCN(Cc3ccccc3)CC1)O2. The maximum absolute atomic E-state index is 13.6. The average Bonchev–Trinajstić information content (AvgIpc) is 3.18. The first-order chi connectivity index (χ1) is 17.7. The maximum atomic E-state index is 13.6. The maximum Gasteiger partial charge on any atom is 0.243 e. The molecule has 3 aromatic rings. The van der Waals surface area contributed by atoms with Gasteiger partial charge in [-0.25, -0.2) is 8.42 Å². The molecule has 3 aliphatic heterocycles. The number of ether oxygens (including phenoxy) is 1. The van der Waals surface area contributed by atoms with Crippen LogP contribution in [-0.2, 0) is 26.1 Å². The number of benzene rings is 3. The number of hydrogen-bond acceptors (Lipinski definition) is 5. The van der Waals surface area contributed by atoms with E-state index in [1.807, 2.05) is 13.0 Å². The highest BCUT2D eigenvalue weighted by molar-refractivity contribution is 7.89. The smallest absolute Gasteiger partial charge is 0.243 e. The Kier molecular flexibility index (Phi) is 6.08. The molecule has 1 unspecified atom stereocenters. The molecule has 194 valence electrons. The Balaban J connectivity index is 1.19. The molecule has 6 rings (SSSR count). The highest BCUT2D eigenvalue weighted by Crippen LogP contribution is 2.43. The van der Waals surface area contributed by atoms with Gasteiger partial charge in [-0.3, -0.25) is 9.69 Å². The molecule has 9 heteroatoms. The third-order valence-corrected chi connectivity index (χ3v) is 9.99. The van der Waals surface area contributed by atoms with Crippen LogP contribution in [-0.4, -0.2) is 72.5 Å². The van der Waals surface area contributed by atoms with Crippen LogP contribution >= 0.6 is 11.6 Å². The van der Waals surface area contributed by atoms with Gasteiger partial charge in [-0.15, -0.1) is 0 Å². The van der Waals surface area contributed by atoms with E-state index in [1.165, 1.54) is 9.87 Å². The predicted octanol–water partition coefficient (Wildman–Crippen LogP) is 4.11. The highest BCUT2D eigenvalue weighted by atomic mass is 35.5. The number of carbonyl (C=O) groups excluding carboxylic acids is 1. The number of hydrogen-bond donors (Lipinski definition) is 0. The second-order valence-corrected chi connectivity index (χ2v) is 13.0. The molecule has 0 N–H and O–H groups in total. The van der Waals surface area contributed by atoms with Crippen molar-refractivity contribution in [1.29, 1.82) is 0 Å². The van der Waals surface area contributed by atoms with E-state index >= 15 is 0 Å². The van der Waals surface area contributed by atoms with Crippen LogP contribution in [0, 0.1) is 0 Å². The lowest BCUT2D eigenvalue weighted by Crippen LogP contribution is -2.62. The first-order valence-electron chi connectivity index (χ1n) is 12.6. The molecule has 0 aliphatic carbocycles. The molecule has 3 saturated heterocycles. The van der Waals surface area contributed by atoms with Crippen LogP contribution in [0.1, 0.15) is 25.3 Å². The molecule has 0 bridgehead atoms. The Labute approximate surface area is 222 Å². The van der Waals surface area contributed by atoms with Crippen LogP contribution in [0.5, 0.6) is 0 Å². The number of nitrogens with zero attached hydrogens (tertiary/aromatic N) is 3. The van der Waals surface area contributed by atoms with Gasteiger partial charge in [-0.05, 0) is 60.4 Å². The van der Waals surface area contributed by atoms with E-state index in [-0.39, 0.29) is 23.9 Å². The lowest BCUT2D eigenvalue weighted by atomic mass is 9.91. The molecule has 3 aliphatic rings. The summed E-state index contributed by atoms with van der Waals surface area (Å²) in [7, 11) is -3.89. The quantitative estimate of drug-likeness (QED) is 0.499. The van der Waals surface area contributed by atoms with Crippen LogP contribution in [0.15, 0.2) is 71.6 Å². The van der Waals surface area contributed by atoms with Crippen molar-refractivity contribution in [2.24, 2.45) is 0 Å². The van der Waals surface area contributed by atoms with E-state index in [0.717, 1.165) is 43.2 Å². The molecule has 0 radical (unpaired) electrons. The first-order valence-corrected chi connectivity index (χ1v) is 14.4. The zero-order valence-corrected chi connectivity index (χ0v) is 22.3. The van der Waals surface area contributed by atoms with Gasteiger partial charge in [-0.2, -0.15) is 4.31 Å². The summed E-state index contributed by atoms with van der Waals surface area (Å²) >= 11 is 6.07. The van der Waals surface area contributed by atoms with Crippen molar-refractivity contribution in [3.05, 3.63) is 77.3 Å². The molecule has 3 fully saturated rings. The van der Waals surface area contributed by atoms with Crippen LogP contribution < -0.4 is 0 Å². The summed E-state index contributed by atoms with van der Waals surface area (Å²) < 4.78 is 35.2. The van der Waals surface area contributed by atoms with Gasteiger partial charge in [0.05, 0.1) is 30.1 Å². The minimum Gasteiger partial charge on any atom is -0.346 e. The Hall–Kier alpha value is -2.49. The van der Waals surface area contributed by atoms with E-state index in [0.29, 0.717) is 11.6 Å². The van der Waals surface area contributed by atoms with Crippen molar-refractivity contribution in [2.75, 3.05) is 32.7 Å². The van der Waals surface area contributed by atoms with Gasteiger partial charge in [0.1, 0.15) is 0 Å². The van der Waals surface area contributed by atoms with Gasteiger partial charge in [0.25, 0.3) is 0 Å². The summed E-state index contributed by atoms with van der Waals surface area (Å²) in [5.41, 5.74) is -0.156. The fraction of sp³-hybridized carbons (Fsp3) is 0.393. The highest BCUT2D eigenvalue weighted by Gasteiger charge is 2.58. The van der Waals surface area contributed by atoms with E-state index in [9.17, 15) is 13.2 Å². The zero-order chi connectivity index (χ0) is 25.8. The Bertz CT molecular complexity index is 1460. The monoisotopic (exact) mass is 539 g/mol. The van der Waals surface area contributed by atoms with E-state index < -0.39 is 21.3 Å². The fourth-order valence-corrected chi connectivity index (χ4v) is 7.68. The number of amides is 1.